The zero-order valence-electron chi connectivity index (χ0n) is 8.62. The lowest BCUT2D eigenvalue weighted by Crippen LogP contribution is -2.01. The molecule has 0 radical (unpaired) electrons. The highest BCUT2D eigenvalue weighted by atomic mass is 19.1. The topological polar surface area (TPSA) is 0 Å². The lowest BCUT2D eigenvalue weighted by atomic mass is 9.95. The van der Waals surface area contributed by atoms with Gasteiger partial charge in [-0.1, -0.05) is 0 Å². The van der Waals surface area contributed by atoms with E-state index in [1.807, 2.05) is 0 Å². The quantitative estimate of drug-likeness (QED) is 0.589. The molecule has 0 spiro atoms. The summed E-state index contributed by atoms with van der Waals surface area (Å²) in [4.78, 5) is 0. The van der Waals surface area contributed by atoms with E-state index < -0.39 is 0 Å². The van der Waals surface area contributed by atoms with Gasteiger partial charge in [-0.15, -0.1) is 0 Å². The Bertz CT molecular complexity index is 332. The molecule has 0 amide bonds. The maximum Gasteiger partial charge on any atom is 0.130 e. The van der Waals surface area contributed by atoms with Gasteiger partial charge in [0, 0.05) is 0 Å². The van der Waals surface area contributed by atoms with Gasteiger partial charge in [0.15, 0.2) is 0 Å². The van der Waals surface area contributed by atoms with Crippen molar-refractivity contribution in [3.8, 4) is 0 Å². The molecule has 0 aliphatic heterocycles. The van der Waals surface area contributed by atoms with Gasteiger partial charge in [-0.25, -0.2) is 4.39 Å². The first kappa shape index (κ1) is 8.46. The van der Waals surface area contributed by atoms with Gasteiger partial charge in [0.05, 0.1) is 0 Å². The van der Waals surface area contributed by atoms with Crippen molar-refractivity contribution in [2.24, 2.45) is 0 Å². The van der Waals surface area contributed by atoms with E-state index in [0.717, 1.165) is 49.7 Å². The molecule has 0 saturated heterocycles. The second kappa shape index (κ2) is 2.82. The molecule has 0 unspecified atom stereocenters. The van der Waals surface area contributed by atoms with Crippen LogP contribution in [0.3, 0.4) is 0 Å². The van der Waals surface area contributed by atoms with Crippen molar-refractivity contribution in [1.29, 1.82) is 0 Å². The Morgan fingerprint density at radius 1 is 0.786 bits per heavy atom. The zero-order chi connectivity index (χ0) is 9.71. The summed E-state index contributed by atoms with van der Waals surface area (Å²) in [5.41, 5.74) is 6.17. The molecule has 2 aliphatic rings. The second-order valence-electron chi connectivity index (χ2n) is 4.56. The zero-order valence-corrected chi connectivity index (χ0v) is 8.62. The van der Waals surface area contributed by atoms with Crippen molar-refractivity contribution < 1.29 is 4.39 Å². The molecular weight excluding hydrogens is 175 g/mol. The average molecular weight is 190 g/mol. The smallest absolute Gasteiger partial charge is 0.130 e. The van der Waals surface area contributed by atoms with E-state index in [0.29, 0.717) is 0 Å². The summed E-state index contributed by atoms with van der Waals surface area (Å²) in [6.07, 6.45) is 6.44. The molecule has 0 N–H and O–H groups in total. The Morgan fingerprint density at radius 2 is 1.21 bits per heavy atom. The first-order chi connectivity index (χ1) is 6.79. The lowest BCUT2D eigenvalue weighted by Gasteiger charge is -2.12. The van der Waals surface area contributed by atoms with Crippen molar-refractivity contribution in [3.05, 3.63) is 33.6 Å². The molecule has 0 nitrogen and oxygen atoms in total. The SMILES string of the molecule is Cc1c2c(c(F)c3c1CCC3)CCC2. The number of hydrogen-bond acceptors (Lipinski definition) is 0. The number of rotatable bonds is 0. The standard InChI is InChI=1S/C13H15F/c1-8-9-4-2-6-11(9)13(14)12-7-3-5-10(8)12/h2-7H2,1H3. The Labute approximate surface area is 84.1 Å². The van der Waals surface area contributed by atoms with Gasteiger partial charge >= 0.3 is 0 Å². The van der Waals surface area contributed by atoms with E-state index in [1.165, 1.54) is 16.7 Å². The van der Waals surface area contributed by atoms with E-state index in [1.54, 1.807) is 0 Å². The van der Waals surface area contributed by atoms with Gasteiger partial charge in [0.2, 0.25) is 0 Å². The number of hydrogen-bond donors (Lipinski definition) is 0. The van der Waals surface area contributed by atoms with E-state index >= 15 is 0 Å². The molecule has 0 saturated carbocycles. The molecule has 74 valence electrons. The lowest BCUT2D eigenvalue weighted by molar-refractivity contribution is 0.597. The molecule has 1 aromatic carbocycles. The number of benzene rings is 1. The predicted molar refractivity (Wildman–Crippen MR) is 55.2 cm³/mol. The summed E-state index contributed by atoms with van der Waals surface area (Å²) in [6.45, 7) is 2.19. The van der Waals surface area contributed by atoms with Crippen LogP contribution in [0.1, 0.15) is 40.7 Å². The van der Waals surface area contributed by atoms with Gasteiger partial charge in [0.25, 0.3) is 0 Å². The highest BCUT2D eigenvalue weighted by Gasteiger charge is 2.26. The molecule has 3 rings (SSSR count). The van der Waals surface area contributed by atoms with E-state index in [-0.39, 0.29) is 5.82 Å². The van der Waals surface area contributed by atoms with E-state index in [2.05, 4.69) is 6.92 Å². The highest BCUT2D eigenvalue weighted by molar-refractivity contribution is 5.50. The molecule has 0 aromatic heterocycles. The minimum atomic E-state index is 0.149. The van der Waals surface area contributed by atoms with Crippen LogP contribution in [0.5, 0.6) is 0 Å². The van der Waals surface area contributed by atoms with Gasteiger partial charge in [-0.3, -0.25) is 0 Å². The summed E-state index contributed by atoms with van der Waals surface area (Å²) >= 11 is 0. The summed E-state index contributed by atoms with van der Waals surface area (Å²) in [5.74, 6) is 0.149. The minimum Gasteiger partial charge on any atom is -0.206 e. The third kappa shape index (κ3) is 0.930. The largest absolute Gasteiger partial charge is 0.206 e. The van der Waals surface area contributed by atoms with Gasteiger partial charge in [0.1, 0.15) is 5.82 Å². The fourth-order valence-electron chi connectivity index (χ4n) is 3.16. The van der Waals surface area contributed by atoms with E-state index in [9.17, 15) is 4.39 Å². The number of fused-ring (bicyclic) bond motifs is 2. The van der Waals surface area contributed by atoms with Crippen LogP contribution in [-0.4, -0.2) is 0 Å². The summed E-state index contributed by atoms with van der Waals surface area (Å²) < 4.78 is 14.1. The summed E-state index contributed by atoms with van der Waals surface area (Å²) in [7, 11) is 0. The molecule has 2 aliphatic carbocycles. The molecule has 0 bridgehead atoms. The predicted octanol–water partition coefficient (Wildman–Crippen LogP) is 3.11. The minimum absolute atomic E-state index is 0.149. The van der Waals surface area contributed by atoms with Crippen molar-refractivity contribution >= 4 is 0 Å². The Morgan fingerprint density at radius 3 is 1.71 bits per heavy atom. The molecule has 0 fully saturated rings. The first-order valence-corrected chi connectivity index (χ1v) is 5.60. The third-order valence-corrected chi connectivity index (χ3v) is 3.87. The molecule has 1 heteroatoms. The second-order valence-corrected chi connectivity index (χ2v) is 4.56. The van der Waals surface area contributed by atoms with Crippen molar-refractivity contribution in [2.75, 3.05) is 0 Å². The average Bonchev–Trinajstić information content (AvgIpc) is 2.82. The number of halogens is 1. The van der Waals surface area contributed by atoms with Crippen LogP contribution in [-0.2, 0) is 25.7 Å². The van der Waals surface area contributed by atoms with Crippen LogP contribution in [0.4, 0.5) is 4.39 Å². The fraction of sp³-hybridized carbons (Fsp3) is 0.538. The summed E-state index contributed by atoms with van der Waals surface area (Å²) in [5, 5.41) is 0. The van der Waals surface area contributed by atoms with Crippen LogP contribution in [0.2, 0.25) is 0 Å². The van der Waals surface area contributed by atoms with Crippen molar-refractivity contribution in [3.63, 3.8) is 0 Å². The molecule has 1 aromatic rings. The van der Waals surface area contributed by atoms with Crippen LogP contribution in [0.15, 0.2) is 0 Å². The van der Waals surface area contributed by atoms with Crippen LogP contribution in [0.25, 0.3) is 0 Å². The summed E-state index contributed by atoms with van der Waals surface area (Å²) in [6, 6.07) is 0. The Balaban J connectivity index is 2.33. The van der Waals surface area contributed by atoms with Crippen LogP contribution < -0.4 is 0 Å². The van der Waals surface area contributed by atoms with Gasteiger partial charge in [-0.2, -0.15) is 0 Å². The van der Waals surface area contributed by atoms with Gasteiger partial charge in [-0.05, 0) is 73.3 Å². The third-order valence-electron chi connectivity index (χ3n) is 3.87. The monoisotopic (exact) mass is 190 g/mol. The van der Waals surface area contributed by atoms with Gasteiger partial charge < -0.3 is 0 Å². The van der Waals surface area contributed by atoms with Crippen LogP contribution in [0, 0.1) is 12.7 Å². The normalized spacial score (nSPS) is 18.4. The van der Waals surface area contributed by atoms with Crippen molar-refractivity contribution in [1.82, 2.24) is 0 Å². The Hall–Kier alpha value is -0.850. The highest BCUT2D eigenvalue weighted by Crippen LogP contribution is 2.36. The fourth-order valence-corrected chi connectivity index (χ4v) is 3.16. The molecule has 0 heterocycles. The van der Waals surface area contributed by atoms with Crippen molar-refractivity contribution in [2.45, 2.75) is 45.4 Å². The first-order valence-electron chi connectivity index (χ1n) is 5.60. The molecule has 14 heavy (non-hydrogen) atoms. The van der Waals surface area contributed by atoms with E-state index in [4.69, 9.17) is 0 Å². The van der Waals surface area contributed by atoms with Crippen LogP contribution >= 0.6 is 0 Å². The molecule has 0 atom stereocenters. The maximum atomic E-state index is 14.1. The molecular formula is C13H15F. The maximum absolute atomic E-state index is 14.1. The Kier molecular flexibility index (Phi) is 1.70.